The maximum atomic E-state index is 6.39. The number of nitrogens with zero attached hydrogens (tertiary/aromatic N) is 3. The summed E-state index contributed by atoms with van der Waals surface area (Å²) in [6.07, 6.45) is 0. The Morgan fingerprint density at radius 1 is 0.137 bits per heavy atom. The molecule has 0 bridgehead atoms. The first kappa shape index (κ1) is 81.1. The minimum Gasteiger partial charge on any atom is -0.456 e. The van der Waals surface area contributed by atoms with Crippen LogP contribution in [-0.4, -0.2) is 0 Å². The molecule has 29 aromatic rings. The number of anilines is 9. The van der Waals surface area contributed by atoms with Crippen molar-refractivity contribution in [2.45, 2.75) is 0 Å². The number of rotatable bonds is 13. The maximum absolute atomic E-state index is 6.39. The third-order valence-electron chi connectivity index (χ3n) is 27.6. The van der Waals surface area contributed by atoms with Crippen molar-refractivity contribution < 1.29 is 13.3 Å². The second-order valence-corrected chi connectivity index (χ2v) is 38.8. The fourth-order valence-corrected chi connectivity index (χ4v) is 24.3. The molecule has 23 aromatic carbocycles. The highest BCUT2D eigenvalue weighted by Gasteiger charge is 2.26. The van der Waals surface area contributed by atoms with Crippen molar-refractivity contribution in [1.29, 1.82) is 0 Å². The van der Waals surface area contributed by atoms with E-state index in [1.54, 1.807) is 0 Å². The maximum Gasteiger partial charge on any atom is 0.137 e. The lowest BCUT2D eigenvalue weighted by atomic mass is 9.95. The van der Waals surface area contributed by atoms with E-state index >= 15 is 0 Å². The van der Waals surface area contributed by atoms with Gasteiger partial charge in [0.2, 0.25) is 0 Å². The van der Waals surface area contributed by atoms with Gasteiger partial charge in [0.25, 0.3) is 0 Å². The molecule has 0 amide bonds. The summed E-state index contributed by atoms with van der Waals surface area (Å²) in [4.78, 5) is 7.13. The molecule has 0 unspecified atom stereocenters. The van der Waals surface area contributed by atoms with E-state index in [9.17, 15) is 0 Å². The fourth-order valence-electron chi connectivity index (χ4n) is 21.0. The summed E-state index contributed by atoms with van der Waals surface area (Å²) >= 11 is 5.57. The normalized spacial score (nSPS) is 11.7. The summed E-state index contributed by atoms with van der Waals surface area (Å²) in [5.41, 5.74) is 25.0. The Balaban J connectivity index is 0.000000105. The Labute approximate surface area is 812 Å². The standard InChI is InChI=1S/C46H29NOS.C44H27NOS.C40H25NOS/c1-2-10-30(11-3-1)31-18-21-33(22-19-31)47(34-23-24-39-38-14-6-8-16-43(38)48-44(39)29-34)42-26-25-35(36-12-4-5-13-37(36)42)32-20-27-46-41(28-32)40-15-7-9-17-45(40)49-46;1-2-10-29-25-31(19-17-28(29)9-1)45(32-20-24-44-39(27-32)37-14-6-8-16-43(37)47-44)40-22-21-33(34-11-3-4-12-35(34)40)30-18-23-42-38(26-30)36-13-5-7-15-41(36)46-42;1-2-10-27(11-3-1)41(28-19-20-33-32-14-6-8-16-37(32)42-38(33)25-28)36-22-21-29(30-12-4-5-13-31(30)36)26-18-23-40-35(24-26)34-15-7-9-17-39(34)43-40/h1-29H;1-27H;1-25H. The first-order valence-corrected chi connectivity index (χ1v) is 49.5. The predicted octanol–water partition coefficient (Wildman–Crippen LogP) is 39.6. The van der Waals surface area contributed by atoms with Crippen LogP contribution in [0.5, 0.6) is 0 Å². The van der Waals surface area contributed by atoms with E-state index in [1.807, 2.05) is 70.4 Å². The molecule has 6 aromatic heterocycles. The van der Waals surface area contributed by atoms with Crippen LogP contribution in [0.3, 0.4) is 0 Å². The number of furan rings is 3. The lowest BCUT2D eigenvalue weighted by Gasteiger charge is -2.28. The first-order valence-electron chi connectivity index (χ1n) is 47.0. The van der Waals surface area contributed by atoms with E-state index in [1.165, 1.54) is 148 Å². The minimum absolute atomic E-state index is 0.877. The van der Waals surface area contributed by atoms with Crippen molar-refractivity contribution in [1.82, 2.24) is 0 Å². The number of thiophene rings is 3. The van der Waals surface area contributed by atoms with Crippen LogP contribution in [0.2, 0.25) is 0 Å². The molecular formula is C130H81N3O3S3. The highest BCUT2D eigenvalue weighted by Crippen LogP contribution is 2.52. The minimum atomic E-state index is 0.877. The van der Waals surface area contributed by atoms with E-state index in [0.717, 1.165) is 117 Å². The highest BCUT2D eigenvalue weighted by molar-refractivity contribution is 7.26. The van der Waals surface area contributed by atoms with E-state index in [-0.39, 0.29) is 0 Å². The molecule has 6 heterocycles. The number of fused-ring (bicyclic) bond motifs is 22. The van der Waals surface area contributed by atoms with Gasteiger partial charge < -0.3 is 28.0 Å². The van der Waals surface area contributed by atoms with Crippen LogP contribution in [0.15, 0.2) is 505 Å². The number of benzene rings is 23. The Morgan fingerprint density at radius 2 is 0.424 bits per heavy atom. The summed E-state index contributed by atoms with van der Waals surface area (Å²) in [5, 5.41) is 24.4. The first-order chi connectivity index (χ1) is 68.9. The molecule has 652 valence electrons. The van der Waals surface area contributed by atoms with Gasteiger partial charge in [0.1, 0.15) is 33.5 Å². The van der Waals surface area contributed by atoms with Gasteiger partial charge in [-0.1, -0.05) is 309 Å². The Kier molecular flexibility index (Phi) is 19.8. The fraction of sp³-hybridized carbons (Fsp3) is 0. The summed E-state index contributed by atoms with van der Waals surface area (Å²) in [7, 11) is 0. The zero-order valence-corrected chi connectivity index (χ0v) is 77.5. The average molecular weight is 1830 g/mol. The molecule has 6 nitrogen and oxygen atoms in total. The Morgan fingerprint density at radius 3 is 0.906 bits per heavy atom. The van der Waals surface area contributed by atoms with Gasteiger partial charge in [-0.05, 0) is 241 Å². The molecule has 139 heavy (non-hydrogen) atoms. The largest absolute Gasteiger partial charge is 0.456 e. The molecule has 9 heteroatoms. The van der Waals surface area contributed by atoms with Crippen molar-refractivity contribution in [2.24, 2.45) is 0 Å². The van der Waals surface area contributed by atoms with E-state index in [4.69, 9.17) is 13.3 Å². The quantitative estimate of drug-likeness (QED) is 0.115. The van der Waals surface area contributed by atoms with Gasteiger partial charge in [0.05, 0.1) is 17.1 Å². The van der Waals surface area contributed by atoms with Gasteiger partial charge in [0.15, 0.2) is 0 Å². The van der Waals surface area contributed by atoms with Crippen LogP contribution in [0.1, 0.15) is 0 Å². The summed E-state index contributed by atoms with van der Waals surface area (Å²) in [5.74, 6) is 0. The van der Waals surface area contributed by atoms with Gasteiger partial charge in [-0.3, -0.25) is 0 Å². The zero-order valence-electron chi connectivity index (χ0n) is 75.1. The lowest BCUT2D eigenvalue weighted by Crippen LogP contribution is -2.10. The average Bonchev–Trinajstić information content (AvgIpc) is 1.07. The summed E-state index contributed by atoms with van der Waals surface area (Å²) in [6.45, 7) is 0. The van der Waals surface area contributed by atoms with Gasteiger partial charge in [-0.2, -0.15) is 0 Å². The molecule has 0 spiro atoms. The summed E-state index contributed by atoms with van der Waals surface area (Å²) in [6, 6.07) is 177. The predicted molar refractivity (Wildman–Crippen MR) is 596 cm³/mol. The molecule has 0 aliphatic rings. The van der Waals surface area contributed by atoms with Crippen LogP contribution in [0.25, 0.3) is 214 Å². The van der Waals surface area contributed by atoms with Crippen molar-refractivity contribution in [3.05, 3.63) is 491 Å². The highest BCUT2D eigenvalue weighted by atomic mass is 32.1. The van der Waals surface area contributed by atoms with Crippen molar-refractivity contribution in [3.8, 4) is 44.5 Å². The Hall–Kier alpha value is -17.4. The molecule has 0 aliphatic heterocycles. The monoisotopic (exact) mass is 1830 g/mol. The second-order valence-electron chi connectivity index (χ2n) is 35.6. The Bertz CT molecular complexity index is 9910. The molecule has 0 aliphatic carbocycles. The second kappa shape index (κ2) is 33.9. The number of para-hydroxylation sites is 4. The SMILES string of the molecule is c1ccc(-c2ccc(N(c3ccc4c(c3)oc3ccccc34)c3ccc(-c4ccc5sc6ccccc6c5c4)c4ccccc34)cc2)cc1.c1ccc(N(c2ccc3c(c2)oc2ccccc23)c2ccc(-c3ccc4sc5ccccc5c4c3)c3ccccc23)cc1.c1ccc2cc(N(c3ccc4sc5ccccc5c4c3)c3ccc(-c4ccc5oc6ccccc6c5c4)c4ccccc34)ccc2c1. The molecule has 0 saturated carbocycles. The van der Waals surface area contributed by atoms with E-state index in [0.29, 0.717) is 0 Å². The van der Waals surface area contributed by atoms with Crippen molar-refractivity contribution in [2.75, 3.05) is 14.7 Å². The number of hydrogen-bond acceptors (Lipinski definition) is 9. The molecule has 29 rings (SSSR count). The van der Waals surface area contributed by atoms with E-state index < -0.39 is 0 Å². The molecule has 0 N–H and O–H groups in total. The van der Waals surface area contributed by atoms with Crippen LogP contribution < -0.4 is 14.7 Å². The van der Waals surface area contributed by atoms with E-state index in [2.05, 4.69) is 470 Å². The van der Waals surface area contributed by atoms with Crippen molar-refractivity contribution >= 4 is 255 Å². The van der Waals surface area contributed by atoms with Crippen molar-refractivity contribution in [3.63, 3.8) is 0 Å². The molecular weight excluding hydrogens is 1750 g/mol. The smallest absolute Gasteiger partial charge is 0.137 e. The zero-order chi connectivity index (χ0) is 91.5. The topological polar surface area (TPSA) is 49.1 Å². The van der Waals surface area contributed by atoms with Gasteiger partial charge in [-0.15, -0.1) is 34.0 Å². The summed E-state index contributed by atoms with van der Waals surface area (Å²) < 4.78 is 26.8. The third-order valence-corrected chi connectivity index (χ3v) is 31.0. The number of hydrogen-bond donors (Lipinski definition) is 0. The van der Waals surface area contributed by atoms with Gasteiger partial charge in [-0.25, -0.2) is 0 Å². The van der Waals surface area contributed by atoms with Gasteiger partial charge >= 0.3 is 0 Å². The molecule has 0 radical (unpaired) electrons. The molecule has 0 atom stereocenters. The molecule has 0 fully saturated rings. The lowest BCUT2D eigenvalue weighted by molar-refractivity contribution is 0.668. The third kappa shape index (κ3) is 14.3. The van der Waals surface area contributed by atoms with Gasteiger partial charge in [0, 0.05) is 155 Å². The van der Waals surface area contributed by atoms with Crippen LogP contribution >= 0.6 is 34.0 Å². The van der Waals surface area contributed by atoms with Crippen LogP contribution in [0, 0.1) is 0 Å². The van der Waals surface area contributed by atoms with Crippen LogP contribution in [-0.2, 0) is 0 Å². The molecule has 0 saturated heterocycles. The van der Waals surface area contributed by atoms with Crippen LogP contribution in [0.4, 0.5) is 51.2 Å².